The predicted molar refractivity (Wildman–Crippen MR) is 216 cm³/mol. The Labute approximate surface area is 295 Å². The van der Waals surface area contributed by atoms with Crippen LogP contribution >= 0.6 is 0 Å². The van der Waals surface area contributed by atoms with Crippen molar-refractivity contribution >= 4 is 11.1 Å². The third-order valence-corrected chi connectivity index (χ3v) is 10.2. The molecule has 0 saturated carbocycles. The van der Waals surface area contributed by atoms with Crippen LogP contribution in [0.1, 0.15) is 134 Å². The first-order chi connectivity index (χ1) is 22.4. The molecule has 0 aliphatic carbocycles. The molecule has 0 heteroatoms. The minimum atomic E-state index is 0.166. The Hall–Kier alpha value is -3.64. The summed E-state index contributed by atoms with van der Waals surface area (Å²) in [6.45, 7) is 39.2. The molecule has 48 heavy (non-hydrogen) atoms. The zero-order valence-electron chi connectivity index (χ0n) is 33.2. The van der Waals surface area contributed by atoms with Crippen LogP contribution in [0, 0.1) is 33.6 Å². The maximum absolute atomic E-state index is 4.73. The second-order valence-corrected chi connectivity index (χ2v) is 15.7. The highest BCUT2D eigenvalue weighted by atomic mass is 14.3. The van der Waals surface area contributed by atoms with Gasteiger partial charge in [-0.15, -0.1) is 0 Å². The topological polar surface area (TPSA) is 0 Å². The maximum atomic E-state index is 4.73. The van der Waals surface area contributed by atoms with Crippen LogP contribution in [0.25, 0.3) is 11.1 Å². The Balaban J connectivity index is 2.30. The maximum Gasteiger partial charge on any atom is -0.0112 e. The summed E-state index contributed by atoms with van der Waals surface area (Å²) in [5.74, 6) is 0.368. The zero-order valence-corrected chi connectivity index (χ0v) is 33.2. The highest BCUT2D eigenvalue weighted by Crippen LogP contribution is 2.43. The predicted octanol–water partition coefficient (Wildman–Crippen LogP) is 14.4. The van der Waals surface area contributed by atoms with E-state index in [1.54, 1.807) is 0 Å². The van der Waals surface area contributed by atoms with Gasteiger partial charge >= 0.3 is 0 Å². The van der Waals surface area contributed by atoms with Crippen LogP contribution < -0.4 is 0 Å². The molecule has 0 spiro atoms. The summed E-state index contributed by atoms with van der Waals surface area (Å²) in [6.07, 6.45) is 2.90. The molecule has 0 radical (unpaired) electrons. The van der Waals surface area contributed by atoms with E-state index in [9.17, 15) is 0 Å². The van der Waals surface area contributed by atoms with Crippen molar-refractivity contribution in [3.63, 3.8) is 0 Å². The molecule has 3 rings (SSSR count). The number of hydrogen-bond donors (Lipinski definition) is 0. The Morgan fingerprint density at radius 1 is 0.708 bits per heavy atom. The molecule has 0 saturated heterocycles. The quantitative estimate of drug-likeness (QED) is 0.183. The summed E-state index contributed by atoms with van der Waals surface area (Å²) in [5, 5.41) is 0. The van der Waals surface area contributed by atoms with Gasteiger partial charge in [-0.3, -0.25) is 0 Å². The van der Waals surface area contributed by atoms with Crippen LogP contribution in [0.2, 0.25) is 0 Å². The summed E-state index contributed by atoms with van der Waals surface area (Å²) in [4.78, 5) is 0. The lowest BCUT2D eigenvalue weighted by Crippen LogP contribution is -2.10. The minimum absolute atomic E-state index is 0.166. The summed E-state index contributed by atoms with van der Waals surface area (Å²) in [5.41, 5.74) is 23.2. The second kappa shape index (κ2) is 16.2. The van der Waals surface area contributed by atoms with E-state index in [1.807, 2.05) is 0 Å². The highest BCUT2D eigenvalue weighted by Gasteiger charge is 2.23. The molecule has 3 aromatic carbocycles. The Morgan fingerprint density at radius 2 is 1.27 bits per heavy atom. The van der Waals surface area contributed by atoms with E-state index in [0.717, 1.165) is 19.3 Å². The van der Waals surface area contributed by atoms with E-state index in [4.69, 9.17) is 6.58 Å². The first-order valence-electron chi connectivity index (χ1n) is 18.1. The smallest absolute Gasteiger partial charge is 0.0112 e. The fourth-order valence-electron chi connectivity index (χ4n) is 7.72. The molecule has 0 fully saturated rings. The Kier molecular flexibility index (Phi) is 13.1. The van der Waals surface area contributed by atoms with Crippen LogP contribution in [0.5, 0.6) is 0 Å². The fourth-order valence-corrected chi connectivity index (χ4v) is 7.72. The van der Waals surface area contributed by atoms with E-state index >= 15 is 0 Å². The van der Waals surface area contributed by atoms with Crippen molar-refractivity contribution in [1.29, 1.82) is 0 Å². The van der Waals surface area contributed by atoms with Gasteiger partial charge in [0.2, 0.25) is 0 Å². The third kappa shape index (κ3) is 8.87. The van der Waals surface area contributed by atoms with E-state index < -0.39 is 0 Å². The van der Waals surface area contributed by atoms with Crippen LogP contribution in [0.4, 0.5) is 0 Å². The number of aryl methyl sites for hydroxylation is 5. The van der Waals surface area contributed by atoms with Gasteiger partial charge < -0.3 is 0 Å². The van der Waals surface area contributed by atoms with Gasteiger partial charge in [-0.05, 0) is 171 Å². The van der Waals surface area contributed by atoms with Crippen molar-refractivity contribution in [2.45, 2.75) is 129 Å². The molecule has 0 bridgehead atoms. The molecule has 256 valence electrons. The molecular weight excluding hydrogens is 577 g/mol. The number of allylic oxidation sites excluding steroid dienone is 9. The first kappa shape index (κ1) is 38.8. The van der Waals surface area contributed by atoms with Gasteiger partial charge in [0.15, 0.2) is 0 Å². The summed E-state index contributed by atoms with van der Waals surface area (Å²) >= 11 is 0. The summed E-state index contributed by atoms with van der Waals surface area (Å²) < 4.78 is 0. The first-order valence-corrected chi connectivity index (χ1v) is 18.1. The van der Waals surface area contributed by atoms with Gasteiger partial charge in [0.25, 0.3) is 0 Å². The van der Waals surface area contributed by atoms with E-state index in [2.05, 4.69) is 165 Å². The minimum Gasteiger partial charge on any atom is -0.0955 e. The van der Waals surface area contributed by atoms with Gasteiger partial charge in [0.05, 0.1) is 0 Å². The molecule has 0 N–H and O–H groups in total. The molecule has 0 amide bonds. The molecule has 3 aromatic rings. The highest BCUT2D eigenvalue weighted by molar-refractivity contribution is 5.93. The fraction of sp³-hybridized carbons (Fsp3) is 0.417. The van der Waals surface area contributed by atoms with Crippen molar-refractivity contribution < 1.29 is 0 Å². The molecular formula is C48H64. The van der Waals surface area contributed by atoms with Crippen molar-refractivity contribution in [2.75, 3.05) is 0 Å². The SMILES string of the molecule is C=C(CCc1ccc(C(C)(C)C)cc1)/C(=C(C)/C(C)=C(/C(CC)=C(\C)C(=C(C)C)c1ccccc1C)c1c(C)cc(C)cc1C)C(C)C. The molecule has 0 aliphatic heterocycles. The van der Waals surface area contributed by atoms with Crippen LogP contribution in [-0.4, -0.2) is 0 Å². The van der Waals surface area contributed by atoms with Crippen molar-refractivity contribution in [1.82, 2.24) is 0 Å². The summed E-state index contributed by atoms with van der Waals surface area (Å²) in [6, 6.07) is 22.8. The lowest BCUT2D eigenvalue weighted by molar-refractivity contribution is 0.590. The van der Waals surface area contributed by atoms with Crippen LogP contribution in [-0.2, 0) is 11.8 Å². The van der Waals surface area contributed by atoms with Crippen LogP contribution in [0.3, 0.4) is 0 Å². The second-order valence-electron chi connectivity index (χ2n) is 15.7. The molecule has 0 unspecified atom stereocenters. The zero-order chi connectivity index (χ0) is 36.1. The number of benzene rings is 3. The van der Waals surface area contributed by atoms with Crippen molar-refractivity contribution in [2.24, 2.45) is 5.92 Å². The standard InChI is InChI=1S/C48H64/c1-17-42(39(13)45(31(4)5)43-21-19-18-20-33(43)7)47(46-35(9)28-32(6)29-36(46)10)38(12)37(11)44(30(2)3)34(8)22-23-40-24-26-41(27-25-40)48(14,15)16/h18-21,24-30H,8,17,22-23H2,1-7,9-16H3/b42-39+,44-37+,47-38-. The molecule has 0 aromatic heterocycles. The van der Waals surface area contributed by atoms with E-state index in [0.29, 0.717) is 5.92 Å². The van der Waals surface area contributed by atoms with Gasteiger partial charge in [-0.25, -0.2) is 0 Å². The Bertz CT molecular complexity index is 1740. The Morgan fingerprint density at radius 3 is 1.75 bits per heavy atom. The average Bonchev–Trinajstić information content (AvgIpc) is 2.99. The van der Waals surface area contributed by atoms with E-state index in [-0.39, 0.29) is 5.41 Å². The molecule has 0 aliphatic rings. The van der Waals surface area contributed by atoms with Gasteiger partial charge in [0.1, 0.15) is 0 Å². The van der Waals surface area contributed by atoms with Crippen LogP contribution in [0.15, 0.2) is 106 Å². The molecule has 0 heterocycles. The van der Waals surface area contributed by atoms with Crippen molar-refractivity contribution in [3.05, 3.63) is 151 Å². The lowest BCUT2D eigenvalue weighted by atomic mass is 9.78. The third-order valence-electron chi connectivity index (χ3n) is 10.2. The van der Waals surface area contributed by atoms with Crippen molar-refractivity contribution in [3.8, 4) is 0 Å². The van der Waals surface area contributed by atoms with Gasteiger partial charge in [0, 0.05) is 0 Å². The van der Waals surface area contributed by atoms with Gasteiger partial charge in [-0.1, -0.05) is 125 Å². The normalized spacial score (nSPS) is 13.6. The number of rotatable bonds is 11. The van der Waals surface area contributed by atoms with Gasteiger partial charge in [-0.2, -0.15) is 0 Å². The molecule has 0 nitrogen and oxygen atoms in total. The average molecular weight is 641 g/mol. The summed E-state index contributed by atoms with van der Waals surface area (Å²) in [7, 11) is 0. The monoisotopic (exact) mass is 641 g/mol. The van der Waals surface area contributed by atoms with E-state index in [1.165, 1.54) is 94.7 Å². The molecule has 0 atom stereocenters. The lowest BCUT2D eigenvalue weighted by Gasteiger charge is -2.27. The largest absolute Gasteiger partial charge is 0.0955 e. The number of hydrogen-bond acceptors (Lipinski definition) is 0.